The Labute approximate surface area is 104 Å². The lowest BCUT2D eigenvalue weighted by molar-refractivity contribution is -0.126. The van der Waals surface area contributed by atoms with Crippen LogP contribution in [0.5, 0.6) is 0 Å². The lowest BCUT2D eigenvalue weighted by Crippen LogP contribution is -2.40. The molecule has 0 bridgehead atoms. The molecule has 2 N–H and O–H groups in total. The summed E-state index contributed by atoms with van der Waals surface area (Å²) < 4.78 is 0. The minimum absolute atomic E-state index is 0.160. The summed E-state index contributed by atoms with van der Waals surface area (Å²) >= 11 is 0. The summed E-state index contributed by atoms with van der Waals surface area (Å²) in [6, 6.07) is 7.43. The summed E-state index contributed by atoms with van der Waals surface area (Å²) in [5.41, 5.74) is 6.96. The fraction of sp³-hybridized carbons (Fsp3) is 0.500. The summed E-state index contributed by atoms with van der Waals surface area (Å²) in [5, 5.41) is 0. The van der Waals surface area contributed by atoms with Gasteiger partial charge in [0.05, 0.1) is 0 Å². The summed E-state index contributed by atoms with van der Waals surface area (Å²) in [6.45, 7) is 8.66. The maximum atomic E-state index is 12.4. The molecule has 1 aromatic carbocycles. The number of carbonyl (C=O) groups is 1. The third kappa shape index (κ3) is 2.99. The highest BCUT2D eigenvalue weighted by atomic mass is 16.2. The van der Waals surface area contributed by atoms with Crippen LogP contribution in [0.1, 0.15) is 34.1 Å². The average Bonchev–Trinajstić information content (AvgIpc) is 2.32. The van der Waals surface area contributed by atoms with Crippen molar-refractivity contribution in [3.05, 3.63) is 24.3 Å². The van der Waals surface area contributed by atoms with Crippen LogP contribution in [0.2, 0.25) is 0 Å². The van der Waals surface area contributed by atoms with Gasteiger partial charge in [-0.05, 0) is 37.6 Å². The Bertz CT molecular complexity index is 382. The molecule has 0 unspecified atom stereocenters. The van der Waals surface area contributed by atoms with Gasteiger partial charge in [-0.1, -0.05) is 20.8 Å². The van der Waals surface area contributed by atoms with Crippen LogP contribution in [0, 0.1) is 5.41 Å². The molecule has 0 heterocycles. The minimum atomic E-state index is -0.322. The number of nitrogen functional groups attached to an aromatic ring is 1. The van der Waals surface area contributed by atoms with Gasteiger partial charge in [-0.15, -0.1) is 0 Å². The van der Waals surface area contributed by atoms with E-state index in [0.29, 0.717) is 12.2 Å². The van der Waals surface area contributed by atoms with Gasteiger partial charge < -0.3 is 10.6 Å². The van der Waals surface area contributed by atoms with Crippen LogP contribution < -0.4 is 10.6 Å². The van der Waals surface area contributed by atoms with Gasteiger partial charge in [0, 0.05) is 23.3 Å². The number of hydrogen-bond acceptors (Lipinski definition) is 2. The first-order chi connectivity index (χ1) is 7.92. The molecule has 0 fully saturated rings. The van der Waals surface area contributed by atoms with E-state index in [0.717, 1.165) is 12.1 Å². The normalized spacial score (nSPS) is 11.3. The Morgan fingerprint density at radius 1 is 1.24 bits per heavy atom. The van der Waals surface area contributed by atoms with Gasteiger partial charge in [0.25, 0.3) is 0 Å². The average molecular weight is 234 g/mol. The van der Waals surface area contributed by atoms with Gasteiger partial charge in [-0.25, -0.2) is 0 Å². The van der Waals surface area contributed by atoms with E-state index in [1.54, 1.807) is 0 Å². The van der Waals surface area contributed by atoms with E-state index in [9.17, 15) is 4.79 Å². The quantitative estimate of drug-likeness (QED) is 0.814. The number of rotatable bonds is 4. The zero-order valence-corrected chi connectivity index (χ0v) is 11.2. The molecular weight excluding hydrogens is 212 g/mol. The second-order valence-electron chi connectivity index (χ2n) is 4.88. The van der Waals surface area contributed by atoms with Crippen molar-refractivity contribution < 1.29 is 4.79 Å². The van der Waals surface area contributed by atoms with Crippen LogP contribution in [0.4, 0.5) is 11.4 Å². The molecule has 0 radical (unpaired) electrons. The molecule has 94 valence electrons. The monoisotopic (exact) mass is 234 g/mol. The number of anilines is 2. The van der Waals surface area contributed by atoms with Crippen LogP contribution >= 0.6 is 0 Å². The lowest BCUT2D eigenvalue weighted by Gasteiger charge is -2.30. The van der Waals surface area contributed by atoms with Crippen LogP contribution in [-0.2, 0) is 4.79 Å². The predicted octanol–water partition coefficient (Wildman–Crippen LogP) is 3.06. The Hall–Kier alpha value is -1.51. The van der Waals surface area contributed by atoms with Gasteiger partial charge >= 0.3 is 0 Å². The van der Waals surface area contributed by atoms with Crippen molar-refractivity contribution in [1.29, 1.82) is 0 Å². The summed E-state index contributed by atoms with van der Waals surface area (Å²) in [4.78, 5) is 14.2. The van der Waals surface area contributed by atoms with E-state index in [-0.39, 0.29) is 11.3 Å². The van der Waals surface area contributed by atoms with Crippen molar-refractivity contribution in [2.75, 3.05) is 17.2 Å². The molecule has 0 aliphatic carbocycles. The highest BCUT2D eigenvalue weighted by Gasteiger charge is 2.30. The lowest BCUT2D eigenvalue weighted by atomic mass is 9.88. The first-order valence-corrected chi connectivity index (χ1v) is 6.10. The van der Waals surface area contributed by atoms with Crippen molar-refractivity contribution in [3.63, 3.8) is 0 Å². The second kappa shape index (κ2) is 5.21. The van der Waals surface area contributed by atoms with Gasteiger partial charge in [-0.3, -0.25) is 4.79 Å². The molecule has 1 amide bonds. The molecule has 0 spiro atoms. The molecule has 17 heavy (non-hydrogen) atoms. The highest BCUT2D eigenvalue weighted by molar-refractivity contribution is 5.97. The van der Waals surface area contributed by atoms with Crippen molar-refractivity contribution in [2.45, 2.75) is 34.1 Å². The molecule has 0 aliphatic rings. The number of carbonyl (C=O) groups excluding carboxylic acids is 1. The van der Waals surface area contributed by atoms with E-state index < -0.39 is 0 Å². The molecule has 1 rings (SSSR count). The number of nitrogens with zero attached hydrogens (tertiary/aromatic N) is 1. The number of nitrogens with two attached hydrogens (primary N) is 1. The Morgan fingerprint density at radius 3 is 2.18 bits per heavy atom. The summed E-state index contributed by atoms with van der Waals surface area (Å²) in [5.74, 6) is 0.160. The molecule has 0 aromatic heterocycles. The largest absolute Gasteiger partial charge is 0.399 e. The number of benzene rings is 1. The smallest absolute Gasteiger partial charge is 0.232 e. The summed E-state index contributed by atoms with van der Waals surface area (Å²) in [7, 11) is 0. The van der Waals surface area contributed by atoms with E-state index >= 15 is 0 Å². The zero-order valence-electron chi connectivity index (χ0n) is 11.2. The zero-order chi connectivity index (χ0) is 13.1. The molecule has 0 saturated heterocycles. The molecule has 0 atom stereocenters. The fourth-order valence-corrected chi connectivity index (χ4v) is 1.61. The van der Waals surface area contributed by atoms with E-state index in [2.05, 4.69) is 0 Å². The molecule has 3 heteroatoms. The van der Waals surface area contributed by atoms with Crippen LogP contribution in [0.25, 0.3) is 0 Å². The van der Waals surface area contributed by atoms with Crippen molar-refractivity contribution in [2.24, 2.45) is 5.41 Å². The fourth-order valence-electron chi connectivity index (χ4n) is 1.61. The van der Waals surface area contributed by atoms with Gasteiger partial charge in [0.15, 0.2) is 0 Å². The highest BCUT2D eigenvalue weighted by Crippen LogP contribution is 2.27. The van der Waals surface area contributed by atoms with Crippen molar-refractivity contribution in [3.8, 4) is 0 Å². The Balaban J connectivity index is 3.00. The standard InChI is InChI=1S/C14H22N2O/c1-5-14(3,4)13(17)16(6-2)12-9-7-11(15)8-10-12/h7-10H,5-6,15H2,1-4H3. The second-order valence-corrected chi connectivity index (χ2v) is 4.88. The van der Waals surface area contributed by atoms with E-state index in [4.69, 9.17) is 5.73 Å². The third-order valence-electron chi connectivity index (χ3n) is 3.23. The molecule has 0 aliphatic heterocycles. The van der Waals surface area contributed by atoms with Gasteiger partial charge in [-0.2, -0.15) is 0 Å². The van der Waals surface area contributed by atoms with Crippen molar-refractivity contribution in [1.82, 2.24) is 0 Å². The Morgan fingerprint density at radius 2 is 1.76 bits per heavy atom. The minimum Gasteiger partial charge on any atom is -0.399 e. The van der Waals surface area contributed by atoms with Crippen LogP contribution in [0.3, 0.4) is 0 Å². The first kappa shape index (κ1) is 13.6. The SMILES string of the molecule is CCN(C(=O)C(C)(C)CC)c1ccc(N)cc1. The van der Waals surface area contributed by atoms with Gasteiger partial charge in [0.1, 0.15) is 0 Å². The topological polar surface area (TPSA) is 46.3 Å². The molecule has 1 aromatic rings. The van der Waals surface area contributed by atoms with E-state index in [1.807, 2.05) is 56.9 Å². The third-order valence-corrected chi connectivity index (χ3v) is 3.23. The van der Waals surface area contributed by atoms with Crippen LogP contribution in [0.15, 0.2) is 24.3 Å². The molecule has 3 nitrogen and oxygen atoms in total. The maximum absolute atomic E-state index is 12.4. The first-order valence-electron chi connectivity index (χ1n) is 6.10. The van der Waals surface area contributed by atoms with Crippen LogP contribution in [-0.4, -0.2) is 12.5 Å². The number of amides is 1. The molecule has 0 saturated carbocycles. The Kier molecular flexibility index (Phi) is 4.16. The summed E-state index contributed by atoms with van der Waals surface area (Å²) in [6.07, 6.45) is 0.831. The predicted molar refractivity (Wildman–Crippen MR) is 73.0 cm³/mol. The number of hydrogen-bond donors (Lipinski definition) is 1. The molecular formula is C14H22N2O. The van der Waals surface area contributed by atoms with Gasteiger partial charge in [0.2, 0.25) is 5.91 Å². The van der Waals surface area contributed by atoms with Crippen molar-refractivity contribution >= 4 is 17.3 Å². The maximum Gasteiger partial charge on any atom is 0.232 e. The van der Waals surface area contributed by atoms with E-state index in [1.165, 1.54) is 0 Å².